The normalized spacial score (nSPS) is 18.0. The Hall–Kier alpha value is -3.35. The standard InChI is InChI=1S/C19H18O7/c1-24-16-6-10(7-17(25-2)18(16)22)5-12-9-15(26-19(12)23)11-3-4-13(20)14(21)8-11/h3-8,15,20-22H,9H2,1-2H3/t15-/m0/s1. The van der Waals surface area contributed by atoms with Crippen LogP contribution in [0.15, 0.2) is 35.9 Å². The zero-order valence-corrected chi connectivity index (χ0v) is 14.2. The molecule has 1 heterocycles. The first-order chi connectivity index (χ1) is 12.4. The summed E-state index contributed by atoms with van der Waals surface area (Å²) in [7, 11) is 2.84. The molecule has 3 N–H and O–H groups in total. The lowest BCUT2D eigenvalue weighted by atomic mass is 10.0. The summed E-state index contributed by atoms with van der Waals surface area (Å²) in [6.07, 6.45) is 1.38. The summed E-state index contributed by atoms with van der Waals surface area (Å²) in [5, 5.41) is 29.0. The van der Waals surface area contributed by atoms with Gasteiger partial charge in [0.1, 0.15) is 6.10 Å². The highest BCUT2D eigenvalue weighted by molar-refractivity contribution is 5.96. The van der Waals surface area contributed by atoms with Crippen LogP contribution in [-0.4, -0.2) is 35.5 Å². The van der Waals surface area contributed by atoms with Gasteiger partial charge in [0.2, 0.25) is 5.75 Å². The van der Waals surface area contributed by atoms with E-state index in [1.54, 1.807) is 24.3 Å². The van der Waals surface area contributed by atoms with Crippen LogP contribution in [0.1, 0.15) is 23.7 Å². The molecule has 7 nitrogen and oxygen atoms in total. The smallest absolute Gasteiger partial charge is 0.334 e. The summed E-state index contributed by atoms with van der Waals surface area (Å²) in [6, 6.07) is 7.46. The molecule has 1 atom stereocenters. The highest BCUT2D eigenvalue weighted by Gasteiger charge is 2.30. The van der Waals surface area contributed by atoms with Crippen molar-refractivity contribution < 1.29 is 34.3 Å². The van der Waals surface area contributed by atoms with Gasteiger partial charge in [0.05, 0.1) is 14.2 Å². The van der Waals surface area contributed by atoms with Gasteiger partial charge in [0, 0.05) is 12.0 Å². The minimum absolute atomic E-state index is 0.122. The van der Waals surface area contributed by atoms with E-state index in [2.05, 4.69) is 0 Å². The number of aromatic hydroxyl groups is 3. The molecule has 136 valence electrons. The number of carbonyl (C=O) groups excluding carboxylic acids is 1. The van der Waals surface area contributed by atoms with E-state index in [1.807, 2.05) is 0 Å². The summed E-state index contributed by atoms with van der Waals surface area (Å²) in [4.78, 5) is 12.2. The van der Waals surface area contributed by atoms with Gasteiger partial charge >= 0.3 is 5.97 Å². The number of rotatable bonds is 4. The molecule has 1 aliphatic heterocycles. The van der Waals surface area contributed by atoms with Gasteiger partial charge in [-0.25, -0.2) is 4.79 Å². The minimum atomic E-state index is -0.554. The third-order valence-electron chi connectivity index (χ3n) is 4.13. The zero-order valence-electron chi connectivity index (χ0n) is 14.2. The summed E-state index contributed by atoms with van der Waals surface area (Å²) in [5.41, 5.74) is 1.62. The van der Waals surface area contributed by atoms with Gasteiger partial charge in [-0.15, -0.1) is 0 Å². The van der Waals surface area contributed by atoms with Crippen LogP contribution in [0.4, 0.5) is 0 Å². The van der Waals surface area contributed by atoms with Crippen LogP contribution in [0.5, 0.6) is 28.7 Å². The van der Waals surface area contributed by atoms with Crippen molar-refractivity contribution >= 4 is 12.0 Å². The molecule has 2 aromatic rings. The van der Waals surface area contributed by atoms with E-state index in [0.29, 0.717) is 23.1 Å². The Morgan fingerprint density at radius 1 is 1.04 bits per heavy atom. The number of phenols is 3. The van der Waals surface area contributed by atoms with E-state index >= 15 is 0 Å². The molecule has 3 rings (SSSR count). The van der Waals surface area contributed by atoms with Crippen LogP contribution in [0.3, 0.4) is 0 Å². The Morgan fingerprint density at radius 2 is 1.69 bits per heavy atom. The number of cyclic esters (lactones) is 1. The average Bonchev–Trinajstić information content (AvgIpc) is 2.99. The SMILES string of the molecule is COc1cc(C=C2C[C@@H](c3ccc(O)c(O)c3)OC2=O)cc(OC)c1O. The molecule has 0 spiro atoms. The number of ether oxygens (including phenoxy) is 3. The van der Waals surface area contributed by atoms with Gasteiger partial charge in [-0.3, -0.25) is 0 Å². The Balaban J connectivity index is 1.90. The quantitative estimate of drug-likeness (QED) is 0.438. The van der Waals surface area contributed by atoms with Gasteiger partial charge in [0.25, 0.3) is 0 Å². The maximum absolute atomic E-state index is 12.2. The molecule has 0 unspecified atom stereocenters. The number of methoxy groups -OCH3 is 2. The molecule has 0 radical (unpaired) electrons. The topological polar surface area (TPSA) is 105 Å². The second-order valence-corrected chi connectivity index (χ2v) is 5.79. The Morgan fingerprint density at radius 3 is 2.27 bits per heavy atom. The van der Waals surface area contributed by atoms with Gasteiger partial charge in [-0.05, 0) is 41.5 Å². The lowest BCUT2D eigenvalue weighted by Gasteiger charge is -2.10. The minimum Gasteiger partial charge on any atom is -0.504 e. The van der Waals surface area contributed by atoms with Crippen LogP contribution < -0.4 is 9.47 Å². The van der Waals surface area contributed by atoms with Crippen LogP contribution in [0, 0.1) is 0 Å². The summed E-state index contributed by atoms with van der Waals surface area (Å²) in [6.45, 7) is 0. The molecule has 0 saturated carbocycles. The van der Waals surface area contributed by atoms with E-state index in [4.69, 9.17) is 14.2 Å². The van der Waals surface area contributed by atoms with Crippen molar-refractivity contribution in [3.8, 4) is 28.7 Å². The molecule has 7 heteroatoms. The molecule has 26 heavy (non-hydrogen) atoms. The van der Waals surface area contributed by atoms with E-state index in [9.17, 15) is 20.1 Å². The van der Waals surface area contributed by atoms with Gasteiger partial charge in [-0.2, -0.15) is 0 Å². The van der Waals surface area contributed by atoms with E-state index < -0.39 is 12.1 Å². The largest absolute Gasteiger partial charge is 0.504 e. The first-order valence-electron chi connectivity index (χ1n) is 7.81. The molecule has 2 aromatic carbocycles. The highest BCUT2D eigenvalue weighted by Crippen LogP contribution is 2.40. The fourth-order valence-corrected chi connectivity index (χ4v) is 2.77. The molecular weight excluding hydrogens is 340 g/mol. The predicted octanol–water partition coefficient (Wildman–Crippen LogP) is 2.89. The Bertz CT molecular complexity index is 860. The zero-order chi connectivity index (χ0) is 18.8. The van der Waals surface area contributed by atoms with E-state index in [1.165, 1.54) is 26.4 Å². The molecular formula is C19H18O7. The second-order valence-electron chi connectivity index (χ2n) is 5.79. The fourth-order valence-electron chi connectivity index (χ4n) is 2.77. The Kier molecular flexibility index (Phi) is 4.62. The van der Waals surface area contributed by atoms with Crippen molar-refractivity contribution in [3.05, 3.63) is 47.0 Å². The van der Waals surface area contributed by atoms with Gasteiger partial charge in [0.15, 0.2) is 23.0 Å². The predicted molar refractivity (Wildman–Crippen MR) is 92.4 cm³/mol. The second kappa shape index (κ2) is 6.87. The monoisotopic (exact) mass is 358 g/mol. The number of carbonyl (C=O) groups is 1. The van der Waals surface area contributed by atoms with Crippen molar-refractivity contribution in [1.82, 2.24) is 0 Å². The molecule has 1 fully saturated rings. The number of phenolic OH excluding ortho intramolecular Hbond substituents is 3. The molecule has 1 saturated heterocycles. The maximum atomic E-state index is 12.2. The van der Waals surface area contributed by atoms with Crippen LogP contribution in [-0.2, 0) is 9.53 Å². The van der Waals surface area contributed by atoms with Crippen LogP contribution in [0.2, 0.25) is 0 Å². The van der Waals surface area contributed by atoms with Crippen molar-refractivity contribution in [3.63, 3.8) is 0 Å². The first kappa shape index (κ1) is 17.5. The van der Waals surface area contributed by atoms with Crippen LogP contribution >= 0.6 is 0 Å². The third kappa shape index (κ3) is 3.23. The molecule has 0 aliphatic carbocycles. The Labute approximate surface area is 149 Å². The average molecular weight is 358 g/mol. The third-order valence-corrected chi connectivity index (χ3v) is 4.13. The lowest BCUT2D eigenvalue weighted by Crippen LogP contribution is -1.98. The number of esters is 1. The van der Waals surface area contributed by atoms with Gasteiger partial charge < -0.3 is 29.5 Å². The summed E-state index contributed by atoms with van der Waals surface area (Å²) < 4.78 is 15.6. The molecule has 0 aromatic heterocycles. The molecule has 0 amide bonds. The lowest BCUT2D eigenvalue weighted by molar-refractivity contribution is -0.139. The molecule has 1 aliphatic rings. The van der Waals surface area contributed by atoms with E-state index in [0.717, 1.165) is 0 Å². The van der Waals surface area contributed by atoms with Crippen molar-refractivity contribution in [1.29, 1.82) is 0 Å². The van der Waals surface area contributed by atoms with E-state index in [-0.39, 0.29) is 28.7 Å². The first-order valence-corrected chi connectivity index (χ1v) is 7.81. The maximum Gasteiger partial charge on any atom is 0.334 e. The highest BCUT2D eigenvalue weighted by atomic mass is 16.5. The van der Waals surface area contributed by atoms with Crippen LogP contribution in [0.25, 0.3) is 6.08 Å². The number of benzene rings is 2. The van der Waals surface area contributed by atoms with Crippen molar-refractivity contribution in [2.45, 2.75) is 12.5 Å². The van der Waals surface area contributed by atoms with Gasteiger partial charge in [-0.1, -0.05) is 6.07 Å². The fraction of sp³-hybridized carbons (Fsp3) is 0.211. The van der Waals surface area contributed by atoms with Crippen molar-refractivity contribution in [2.24, 2.45) is 0 Å². The summed E-state index contributed by atoms with van der Waals surface area (Å²) in [5.74, 6) is -0.664. The summed E-state index contributed by atoms with van der Waals surface area (Å²) >= 11 is 0. The molecule has 0 bridgehead atoms. The number of hydrogen-bond acceptors (Lipinski definition) is 7. The van der Waals surface area contributed by atoms with Crippen molar-refractivity contribution in [2.75, 3.05) is 14.2 Å². The number of hydrogen-bond donors (Lipinski definition) is 3.